The number of halogens is 1. The van der Waals surface area contributed by atoms with Crippen LogP contribution < -0.4 is 5.32 Å². The molecule has 102 valence electrons. The molecule has 0 radical (unpaired) electrons. The van der Waals surface area contributed by atoms with Gasteiger partial charge in [0.2, 0.25) is 0 Å². The number of aryl methyl sites for hydroxylation is 2. The van der Waals surface area contributed by atoms with Crippen LogP contribution in [0.4, 0.5) is 0 Å². The predicted octanol–water partition coefficient (Wildman–Crippen LogP) is 1.48. The molecule has 1 unspecified atom stereocenters. The first-order valence-corrected chi connectivity index (χ1v) is 7.13. The van der Waals surface area contributed by atoms with Crippen molar-refractivity contribution in [1.29, 1.82) is 0 Å². The topological polar surface area (TPSA) is 48.3 Å². The summed E-state index contributed by atoms with van der Waals surface area (Å²) in [6, 6.07) is 0. The Morgan fingerprint density at radius 1 is 1.61 bits per heavy atom. The summed E-state index contributed by atoms with van der Waals surface area (Å²) in [4.78, 5) is 0. The van der Waals surface area contributed by atoms with E-state index in [1.54, 1.807) is 0 Å². The average Bonchev–Trinajstić information content (AvgIpc) is 2.67. The Morgan fingerprint density at radius 2 is 2.44 bits per heavy atom. The first-order valence-electron chi connectivity index (χ1n) is 6.34. The molecule has 6 heteroatoms. The number of morpholine rings is 1. The minimum atomic E-state index is 0.164. The molecule has 1 aliphatic rings. The van der Waals surface area contributed by atoms with E-state index in [0.717, 1.165) is 42.1 Å². The predicted molar refractivity (Wildman–Crippen MR) is 72.6 cm³/mol. The second-order valence-corrected chi connectivity index (χ2v) is 5.17. The molecule has 1 aromatic rings. The van der Waals surface area contributed by atoms with Crippen molar-refractivity contribution in [2.75, 3.05) is 26.3 Å². The van der Waals surface area contributed by atoms with Crippen LogP contribution in [0.25, 0.3) is 0 Å². The monoisotopic (exact) mass is 317 g/mol. The van der Waals surface area contributed by atoms with E-state index >= 15 is 0 Å². The summed E-state index contributed by atoms with van der Waals surface area (Å²) < 4.78 is 14.3. The third-order valence-electron chi connectivity index (χ3n) is 3.00. The van der Waals surface area contributed by atoms with Crippen LogP contribution in [-0.4, -0.2) is 42.2 Å². The zero-order valence-corrected chi connectivity index (χ0v) is 12.5. The van der Waals surface area contributed by atoms with Gasteiger partial charge in [-0.15, -0.1) is 0 Å². The second kappa shape index (κ2) is 6.65. The molecule has 5 nitrogen and oxygen atoms in total. The van der Waals surface area contributed by atoms with Gasteiger partial charge < -0.3 is 14.8 Å². The summed E-state index contributed by atoms with van der Waals surface area (Å²) >= 11 is 3.56. The zero-order valence-electron chi connectivity index (χ0n) is 10.9. The molecular formula is C12H20BrN3O2. The molecular weight excluding hydrogens is 298 g/mol. The molecule has 0 aromatic carbocycles. The van der Waals surface area contributed by atoms with Crippen LogP contribution in [0.5, 0.6) is 0 Å². The summed E-state index contributed by atoms with van der Waals surface area (Å²) in [5.41, 5.74) is 2.10. The highest BCUT2D eigenvalue weighted by molar-refractivity contribution is 9.10. The van der Waals surface area contributed by atoms with Crippen molar-refractivity contribution >= 4 is 15.9 Å². The standard InChI is InChI=1S/C12H20BrN3O2/c1-3-16-11(12(13)9(2)15-16)8-17-7-10-6-14-4-5-18-10/h10,14H,3-8H2,1-2H3. The second-order valence-electron chi connectivity index (χ2n) is 4.37. The van der Waals surface area contributed by atoms with Crippen LogP contribution >= 0.6 is 15.9 Å². The molecule has 1 N–H and O–H groups in total. The normalized spacial score (nSPS) is 20.3. The van der Waals surface area contributed by atoms with Crippen molar-refractivity contribution in [3.63, 3.8) is 0 Å². The Labute approximate surface area is 116 Å². The number of hydrogen-bond acceptors (Lipinski definition) is 4. The third kappa shape index (κ3) is 3.32. The van der Waals surface area contributed by atoms with Gasteiger partial charge in [0.1, 0.15) is 0 Å². The minimum Gasteiger partial charge on any atom is -0.373 e. The highest BCUT2D eigenvalue weighted by Gasteiger charge is 2.15. The van der Waals surface area contributed by atoms with Gasteiger partial charge in [-0.2, -0.15) is 5.10 Å². The zero-order chi connectivity index (χ0) is 13.0. The summed E-state index contributed by atoms with van der Waals surface area (Å²) in [7, 11) is 0. The lowest BCUT2D eigenvalue weighted by Gasteiger charge is -2.23. The number of hydrogen-bond donors (Lipinski definition) is 1. The highest BCUT2D eigenvalue weighted by atomic mass is 79.9. The lowest BCUT2D eigenvalue weighted by atomic mass is 10.3. The molecule has 1 aromatic heterocycles. The van der Waals surface area contributed by atoms with Gasteiger partial charge in [0.05, 0.1) is 41.8 Å². The summed E-state index contributed by atoms with van der Waals surface area (Å²) in [6.07, 6.45) is 0.164. The Morgan fingerprint density at radius 3 is 3.11 bits per heavy atom. The van der Waals surface area contributed by atoms with E-state index in [1.165, 1.54) is 0 Å². The van der Waals surface area contributed by atoms with Crippen molar-refractivity contribution in [1.82, 2.24) is 15.1 Å². The van der Waals surface area contributed by atoms with Gasteiger partial charge >= 0.3 is 0 Å². The molecule has 0 bridgehead atoms. The number of aromatic nitrogens is 2. The van der Waals surface area contributed by atoms with Crippen LogP contribution in [0.3, 0.4) is 0 Å². The SMILES string of the molecule is CCn1nc(C)c(Br)c1COCC1CNCCO1. The molecule has 1 atom stereocenters. The van der Waals surface area contributed by atoms with Crippen LogP contribution in [0.1, 0.15) is 18.3 Å². The molecule has 0 aliphatic carbocycles. The van der Waals surface area contributed by atoms with Gasteiger partial charge in [0.25, 0.3) is 0 Å². The first-order chi connectivity index (χ1) is 8.72. The van der Waals surface area contributed by atoms with Crippen molar-refractivity contribution in [3.8, 4) is 0 Å². The fourth-order valence-electron chi connectivity index (χ4n) is 2.02. The van der Waals surface area contributed by atoms with Crippen molar-refractivity contribution in [2.45, 2.75) is 33.1 Å². The maximum Gasteiger partial charge on any atom is 0.0933 e. The van der Waals surface area contributed by atoms with Crippen molar-refractivity contribution in [2.24, 2.45) is 0 Å². The molecule has 0 amide bonds. The number of nitrogens with zero attached hydrogens (tertiary/aromatic N) is 2. The van der Waals surface area contributed by atoms with E-state index < -0.39 is 0 Å². The van der Waals surface area contributed by atoms with Crippen molar-refractivity contribution < 1.29 is 9.47 Å². The molecule has 0 saturated carbocycles. The quantitative estimate of drug-likeness (QED) is 0.893. The van der Waals surface area contributed by atoms with Gasteiger partial charge in [0, 0.05) is 19.6 Å². The highest BCUT2D eigenvalue weighted by Crippen LogP contribution is 2.21. The van der Waals surface area contributed by atoms with Crippen LogP contribution in [-0.2, 0) is 22.6 Å². The Kier molecular flexibility index (Phi) is 5.17. The lowest BCUT2D eigenvalue weighted by molar-refractivity contribution is -0.0369. The maximum atomic E-state index is 5.74. The summed E-state index contributed by atoms with van der Waals surface area (Å²) in [5.74, 6) is 0. The van der Waals surface area contributed by atoms with Gasteiger partial charge in [-0.05, 0) is 29.8 Å². The van der Waals surface area contributed by atoms with Gasteiger partial charge in [0.15, 0.2) is 0 Å². The Balaban J connectivity index is 1.85. The number of rotatable bonds is 5. The Bertz CT molecular complexity index is 389. The lowest BCUT2D eigenvalue weighted by Crippen LogP contribution is -2.41. The van der Waals surface area contributed by atoms with Gasteiger partial charge in [-0.1, -0.05) is 0 Å². The molecule has 18 heavy (non-hydrogen) atoms. The first kappa shape index (κ1) is 14.0. The summed E-state index contributed by atoms with van der Waals surface area (Å²) in [6.45, 7) is 8.68. The fraction of sp³-hybridized carbons (Fsp3) is 0.750. The maximum absolute atomic E-state index is 5.74. The van der Waals surface area contributed by atoms with Crippen LogP contribution in [0.15, 0.2) is 4.47 Å². The molecule has 1 fully saturated rings. The third-order valence-corrected chi connectivity index (χ3v) is 4.03. The van der Waals surface area contributed by atoms with E-state index in [-0.39, 0.29) is 6.10 Å². The van der Waals surface area contributed by atoms with E-state index in [2.05, 4.69) is 33.3 Å². The van der Waals surface area contributed by atoms with E-state index in [0.29, 0.717) is 13.2 Å². The Hall–Kier alpha value is -0.430. The molecule has 2 rings (SSSR count). The number of nitrogens with one attached hydrogen (secondary N) is 1. The molecule has 0 spiro atoms. The van der Waals surface area contributed by atoms with Crippen LogP contribution in [0, 0.1) is 6.92 Å². The largest absolute Gasteiger partial charge is 0.373 e. The van der Waals surface area contributed by atoms with E-state index in [4.69, 9.17) is 9.47 Å². The van der Waals surface area contributed by atoms with E-state index in [9.17, 15) is 0 Å². The van der Waals surface area contributed by atoms with Crippen LogP contribution in [0.2, 0.25) is 0 Å². The molecule has 1 aliphatic heterocycles. The van der Waals surface area contributed by atoms with Gasteiger partial charge in [-0.25, -0.2) is 0 Å². The summed E-state index contributed by atoms with van der Waals surface area (Å²) in [5, 5.41) is 7.73. The fourth-order valence-corrected chi connectivity index (χ4v) is 2.42. The van der Waals surface area contributed by atoms with Crippen molar-refractivity contribution in [3.05, 3.63) is 15.9 Å². The number of ether oxygens (including phenoxy) is 2. The van der Waals surface area contributed by atoms with E-state index in [1.807, 2.05) is 11.6 Å². The minimum absolute atomic E-state index is 0.164. The smallest absolute Gasteiger partial charge is 0.0933 e. The molecule has 2 heterocycles. The van der Waals surface area contributed by atoms with Gasteiger partial charge in [-0.3, -0.25) is 4.68 Å². The molecule has 1 saturated heterocycles. The average molecular weight is 318 g/mol.